The molecule has 2 aliphatic rings. The summed E-state index contributed by atoms with van der Waals surface area (Å²) in [6.45, 7) is 0. The van der Waals surface area contributed by atoms with E-state index >= 15 is 0 Å². The van der Waals surface area contributed by atoms with E-state index in [1.54, 1.807) is 0 Å². The molecule has 1 aliphatic heterocycles. The van der Waals surface area contributed by atoms with Crippen LogP contribution in [0.2, 0.25) is 0 Å². The van der Waals surface area contributed by atoms with Gasteiger partial charge >= 0.3 is 0 Å². The highest BCUT2D eigenvalue weighted by atomic mass is 32.2. The number of rotatable bonds is 1. The molecule has 2 fully saturated rings. The summed E-state index contributed by atoms with van der Waals surface area (Å²) in [5.74, 6) is 1.61. The normalized spacial score (nSPS) is 42.5. The molecule has 0 radical (unpaired) electrons. The molecule has 0 aromatic rings. The van der Waals surface area contributed by atoms with Crippen LogP contribution in [-0.2, 0) is 9.84 Å². The Morgan fingerprint density at radius 3 is 2.36 bits per heavy atom. The standard InChI is InChI=1S/C10H19NO2S/c11-10-4-2-1-3-9(10)8-5-6-14(12,13)7-8/h8-10H,1-7,11H2. The van der Waals surface area contributed by atoms with Gasteiger partial charge in [0.1, 0.15) is 0 Å². The van der Waals surface area contributed by atoms with Crippen molar-refractivity contribution >= 4 is 9.84 Å². The number of hydrogen-bond donors (Lipinski definition) is 1. The van der Waals surface area contributed by atoms with Crippen molar-refractivity contribution in [3.63, 3.8) is 0 Å². The fourth-order valence-electron chi connectivity index (χ4n) is 2.93. The maximum Gasteiger partial charge on any atom is 0.150 e. The van der Waals surface area contributed by atoms with Gasteiger partial charge in [-0.1, -0.05) is 12.8 Å². The monoisotopic (exact) mass is 217 g/mol. The fraction of sp³-hybridized carbons (Fsp3) is 1.00. The molecule has 1 saturated carbocycles. The van der Waals surface area contributed by atoms with Gasteiger partial charge in [0.15, 0.2) is 9.84 Å². The molecule has 14 heavy (non-hydrogen) atoms. The van der Waals surface area contributed by atoms with E-state index in [-0.39, 0.29) is 6.04 Å². The minimum Gasteiger partial charge on any atom is -0.327 e. The molecule has 0 spiro atoms. The van der Waals surface area contributed by atoms with Crippen LogP contribution in [0.1, 0.15) is 32.1 Å². The third-order valence-electron chi connectivity index (χ3n) is 3.75. The minimum absolute atomic E-state index is 0.252. The van der Waals surface area contributed by atoms with Gasteiger partial charge in [-0.15, -0.1) is 0 Å². The predicted octanol–water partition coefficient (Wildman–Crippen LogP) is 0.939. The first-order valence-corrected chi connectivity index (χ1v) is 7.37. The quantitative estimate of drug-likeness (QED) is 0.711. The van der Waals surface area contributed by atoms with E-state index in [1.165, 1.54) is 12.8 Å². The zero-order chi connectivity index (χ0) is 10.2. The smallest absolute Gasteiger partial charge is 0.150 e. The largest absolute Gasteiger partial charge is 0.327 e. The fourth-order valence-corrected chi connectivity index (χ4v) is 4.83. The van der Waals surface area contributed by atoms with Crippen molar-refractivity contribution in [1.29, 1.82) is 0 Å². The summed E-state index contributed by atoms with van der Waals surface area (Å²) in [6.07, 6.45) is 5.52. The van der Waals surface area contributed by atoms with Crippen LogP contribution in [0.15, 0.2) is 0 Å². The van der Waals surface area contributed by atoms with Crippen molar-refractivity contribution in [1.82, 2.24) is 0 Å². The summed E-state index contributed by atoms with van der Waals surface area (Å²) >= 11 is 0. The number of hydrogen-bond acceptors (Lipinski definition) is 3. The Balaban J connectivity index is 2.01. The summed E-state index contributed by atoms with van der Waals surface area (Å²) in [4.78, 5) is 0. The van der Waals surface area contributed by atoms with Crippen LogP contribution in [0.5, 0.6) is 0 Å². The lowest BCUT2D eigenvalue weighted by Crippen LogP contribution is -2.38. The van der Waals surface area contributed by atoms with E-state index in [4.69, 9.17) is 5.73 Å². The van der Waals surface area contributed by atoms with Gasteiger partial charge < -0.3 is 5.73 Å². The molecule has 0 aromatic carbocycles. The Hall–Kier alpha value is -0.0900. The van der Waals surface area contributed by atoms with Gasteiger partial charge in [-0.2, -0.15) is 0 Å². The summed E-state index contributed by atoms with van der Waals surface area (Å²) in [5.41, 5.74) is 6.05. The van der Waals surface area contributed by atoms with Crippen molar-refractivity contribution < 1.29 is 8.42 Å². The lowest BCUT2D eigenvalue weighted by atomic mass is 9.76. The van der Waals surface area contributed by atoms with E-state index < -0.39 is 9.84 Å². The Morgan fingerprint density at radius 2 is 1.79 bits per heavy atom. The van der Waals surface area contributed by atoms with Crippen molar-refractivity contribution in [2.45, 2.75) is 38.1 Å². The van der Waals surface area contributed by atoms with Crippen LogP contribution in [0.4, 0.5) is 0 Å². The molecule has 0 bridgehead atoms. The molecule has 4 heteroatoms. The van der Waals surface area contributed by atoms with E-state index in [0.717, 1.165) is 19.3 Å². The van der Waals surface area contributed by atoms with E-state index in [2.05, 4.69) is 0 Å². The second kappa shape index (κ2) is 3.81. The van der Waals surface area contributed by atoms with Crippen molar-refractivity contribution in [2.24, 2.45) is 17.6 Å². The molecule has 82 valence electrons. The van der Waals surface area contributed by atoms with E-state index in [0.29, 0.717) is 23.3 Å². The second-order valence-electron chi connectivity index (χ2n) is 4.78. The van der Waals surface area contributed by atoms with Crippen LogP contribution in [0.25, 0.3) is 0 Å². The summed E-state index contributed by atoms with van der Waals surface area (Å²) in [5, 5.41) is 0. The van der Waals surface area contributed by atoms with Crippen molar-refractivity contribution in [2.75, 3.05) is 11.5 Å². The Labute approximate surface area is 86.0 Å². The Morgan fingerprint density at radius 1 is 1.07 bits per heavy atom. The summed E-state index contributed by atoms with van der Waals surface area (Å²) in [6, 6.07) is 0.252. The van der Waals surface area contributed by atoms with Crippen LogP contribution in [0.3, 0.4) is 0 Å². The van der Waals surface area contributed by atoms with Crippen LogP contribution >= 0.6 is 0 Å². The van der Waals surface area contributed by atoms with Gasteiger partial charge in [-0.3, -0.25) is 0 Å². The lowest BCUT2D eigenvalue weighted by molar-refractivity contribution is 0.231. The highest BCUT2D eigenvalue weighted by molar-refractivity contribution is 7.91. The van der Waals surface area contributed by atoms with Gasteiger partial charge in [0, 0.05) is 6.04 Å². The molecule has 0 amide bonds. The van der Waals surface area contributed by atoms with Gasteiger partial charge in [-0.05, 0) is 31.1 Å². The van der Waals surface area contributed by atoms with Gasteiger partial charge in [0.25, 0.3) is 0 Å². The second-order valence-corrected chi connectivity index (χ2v) is 7.00. The third-order valence-corrected chi connectivity index (χ3v) is 5.54. The molecule has 3 atom stereocenters. The predicted molar refractivity (Wildman–Crippen MR) is 56.7 cm³/mol. The Bertz CT molecular complexity index is 299. The maximum atomic E-state index is 11.3. The van der Waals surface area contributed by atoms with Crippen molar-refractivity contribution in [3.05, 3.63) is 0 Å². The third kappa shape index (κ3) is 2.11. The highest BCUT2D eigenvalue weighted by Crippen LogP contribution is 2.35. The molecular weight excluding hydrogens is 198 g/mol. The zero-order valence-corrected chi connectivity index (χ0v) is 9.30. The zero-order valence-electron chi connectivity index (χ0n) is 8.48. The molecule has 3 nitrogen and oxygen atoms in total. The topological polar surface area (TPSA) is 60.2 Å². The lowest BCUT2D eigenvalue weighted by Gasteiger charge is -2.32. The molecule has 1 heterocycles. The molecule has 0 aromatic heterocycles. The van der Waals surface area contributed by atoms with Gasteiger partial charge in [0.05, 0.1) is 11.5 Å². The van der Waals surface area contributed by atoms with E-state index in [1.807, 2.05) is 0 Å². The minimum atomic E-state index is -2.72. The Kier molecular flexibility index (Phi) is 2.84. The van der Waals surface area contributed by atoms with Crippen LogP contribution in [-0.4, -0.2) is 26.0 Å². The van der Waals surface area contributed by atoms with Crippen molar-refractivity contribution in [3.8, 4) is 0 Å². The number of nitrogens with two attached hydrogens (primary N) is 1. The maximum absolute atomic E-state index is 11.3. The molecule has 2 rings (SSSR count). The van der Waals surface area contributed by atoms with Gasteiger partial charge in [-0.25, -0.2) is 8.42 Å². The molecular formula is C10H19NO2S. The van der Waals surface area contributed by atoms with E-state index in [9.17, 15) is 8.42 Å². The van der Waals surface area contributed by atoms with Crippen LogP contribution < -0.4 is 5.73 Å². The molecule has 1 aliphatic carbocycles. The summed E-state index contributed by atoms with van der Waals surface area (Å²) < 4.78 is 22.7. The first kappa shape index (κ1) is 10.4. The first-order chi connectivity index (χ1) is 6.58. The molecule has 2 N–H and O–H groups in total. The number of sulfone groups is 1. The van der Waals surface area contributed by atoms with Crippen LogP contribution in [0, 0.1) is 11.8 Å². The highest BCUT2D eigenvalue weighted by Gasteiger charge is 2.37. The molecule has 1 saturated heterocycles. The first-order valence-electron chi connectivity index (χ1n) is 5.54. The SMILES string of the molecule is NC1CCCCC1C1CCS(=O)(=O)C1. The average molecular weight is 217 g/mol. The van der Waals surface area contributed by atoms with Gasteiger partial charge in [0.2, 0.25) is 0 Å². The molecule has 3 unspecified atom stereocenters. The average Bonchev–Trinajstić information content (AvgIpc) is 2.47. The summed E-state index contributed by atoms with van der Waals surface area (Å²) in [7, 11) is -2.72.